The molecule has 1 aromatic carbocycles. The van der Waals surface area contributed by atoms with Crippen LogP contribution in [0.1, 0.15) is 10.4 Å². The second kappa shape index (κ2) is 5.92. The quantitative estimate of drug-likeness (QED) is 0.625. The van der Waals surface area contributed by atoms with Crippen LogP contribution >= 0.6 is 11.3 Å². The molecule has 0 saturated carbocycles. The Labute approximate surface area is 126 Å². The van der Waals surface area contributed by atoms with Crippen molar-refractivity contribution in [2.45, 2.75) is 18.4 Å². The molecule has 112 valence electrons. The normalized spacial score (nSPS) is 11.8. The second-order valence-electron chi connectivity index (χ2n) is 4.55. The molecule has 0 bridgehead atoms. The van der Waals surface area contributed by atoms with Gasteiger partial charge in [-0.1, -0.05) is 12.1 Å². The molecule has 1 aromatic heterocycles. The summed E-state index contributed by atoms with van der Waals surface area (Å²) in [4.78, 5) is 11.1. The van der Waals surface area contributed by atoms with E-state index in [0.29, 0.717) is 5.56 Å². The molecule has 0 radical (unpaired) electrons. The summed E-state index contributed by atoms with van der Waals surface area (Å²) in [7, 11) is -2.30. The van der Waals surface area contributed by atoms with Crippen molar-refractivity contribution >= 4 is 27.0 Å². The molecule has 0 aliphatic rings. The number of nitrogens with zero attached hydrogens (tertiary/aromatic N) is 2. The summed E-state index contributed by atoms with van der Waals surface area (Å²) in [6, 6.07) is 7.54. The van der Waals surface area contributed by atoms with E-state index in [4.69, 9.17) is 0 Å². The molecule has 0 atom stereocenters. The molecule has 0 fully saturated rings. The van der Waals surface area contributed by atoms with E-state index in [1.165, 1.54) is 34.8 Å². The van der Waals surface area contributed by atoms with E-state index in [1.54, 1.807) is 6.92 Å². The number of hydrogen-bond acceptors (Lipinski definition) is 5. The molecule has 6 nitrogen and oxygen atoms in total. The first-order valence-electron chi connectivity index (χ1n) is 6.06. The van der Waals surface area contributed by atoms with Gasteiger partial charge < -0.3 is 0 Å². The lowest BCUT2D eigenvalue weighted by molar-refractivity contribution is -0.385. The van der Waals surface area contributed by atoms with Crippen LogP contribution in [-0.2, 0) is 16.6 Å². The second-order valence-corrected chi connectivity index (χ2v) is 7.59. The van der Waals surface area contributed by atoms with Crippen molar-refractivity contribution < 1.29 is 13.3 Å². The first-order chi connectivity index (χ1) is 9.82. The highest BCUT2D eigenvalue weighted by atomic mass is 32.2. The monoisotopic (exact) mass is 326 g/mol. The van der Waals surface area contributed by atoms with E-state index < -0.39 is 14.9 Å². The smallest absolute Gasteiger partial charge is 0.258 e. The molecule has 0 spiro atoms. The van der Waals surface area contributed by atoms with E-state index >= 15 is 0 Å². The largest absolute Gasteiger partial charge is 0.270 e. The van der Waals surface area contributed by atoms with Gasteiger partial charge in [-0.15, -0.1) is 11.3 Å². The minimum Gasteiger partial charge on any atom is -0.258 e. The van der Waals surface area contributed by atoms with Crippen LogP contribution in [0.3, 0.4) is 0 Å². The molecule has 0 saturated heterocycles. The molecule has 21 heavy (non-hydrogen) atoms. The molecule has 0 amide bonds. The summed E-state index contributed by atoms with van der Waals surface area (Å²) in [6.45, 7) is 1.86. The fourth-order valence-corrected chi connectivity index (χ4v) is 4.08. The van der Waals surface area contributed by atoms with Crippen molar-refractivity contribution in [1.82, 2.24) is 4.31 Å². The fraction of sp³-hybridized carbons (Fsp3) is 0.231. The molecule has 0 unspecified atom stereocenters. The Bertz CT molecular complexity index is 754. The highest BCUT2D eigenvalue weighted by Crippen LogP contribution is 2.25. The maximum Gasteiger partial charge on any atom is 0.270 e. The SMILES string of the molecule is Cc1ccc([N+](=O)[O-])cc1S(=O)(=O)N(C)Cc1cccs1. The van der Waals surface area contributed by atoms with E-state index in [1.807, 2.05) is 17.5 Å². The van der Waals surface area contributed by atoms with Crippen LogP contribution in [0.25, 0.3) is 0 Å². The zero-order valence-corrected chi connectivity index (χ0v) is 13.1. The third-order valence-corrected chi connectivity index (χ3v) is 5.84. The van der Waals surface area contributed by atoms with E-state index in [9.17, 15) is 18.5 Å². The lowest BCUT2D eigenvalue weighted by Crippen LogP contribution is -2.26. The molecule has 0 N–H and O–H groups in total. The Morgan fingerprint density at radius 1 is 1.33 bits per heavy atom. The topological polar surface area (TPSA) is 80.5 Å². The van der Waals surface area contributed by atoms with Gasteiger partial charge in [-0.3, -0.25) is 10.1 Å². The predicted octanol–water partition coefficient (Wildman–Crippen LogP) is 2.79. The number of sulfonamides is 1. The molecule has 8 heteroatoms. The third kappa shape index (κ3) is 3.29. The molecule has 1 heterocycles. The first-order valence-corrected chi connectivity index (χ1v) is 8.38. The molecule has 2 aromatic rings. The number of non-ortho nitro benzene ring substituents is 1. The van der Waals surface area contributed by atoms with Crippen LogP contribution in [0.4, 0.5) is 5.69 Å². The van der Waals surface area contributed by atoms with Crippen molar-refractivity contribution in [3.63, 3.8) is 0 Å². The van der Waals surface area contributed by atoms with E-state index in [-0.39, 0.29) is 17.1 Å². The van der Waals surface area contributed by atoms with Crippen LogP contribution in [0.5, 0.6) is 0 Å². The maximum atomic E-state index is 12.6. The summed E-state index contributed by atoms with van der Waals surface area (Å²) in [5, 5.41) is 12.7. The fourth-order valence-electron chi connectivity index (χ4n) is 1.86. The van der Waals surface area contributed by atoms with Gasteiger partial charge in [0.05, 0.1) is 9.82 Å². The van der Waals surface area contributed by atoms with Gasteiger partial charge in [-0.25, -0.2) is 8.42 Å². The molecule has 0 aliphatic heterocycles. The van der Waals surface area contributed by atoms with Gasteiger partial charge in [0.1, 0.15) is 0 Å². The number of hydrogen-bond donors (Lipinski definition) is 0. The molecular formula is C13H14N2O4S2. The minimum absolute atomic E-state index is 0.0317. The number of benzene rings is 1. The van der Waals surface area contributed by atoms with Gasteiger partial charge in [0.2, 0.25) is 10.0 Å². The first kappa shape index (κ1) is 15.6. The van der Waals surface area contributed by atoms with Crippen LogP contribution in [0.2, 0.25) is 0 Å². The minimum atomic E-state index is -3.77. The standard InChI is InChI=1S/C13H14N2O4S2/c1-10-5-6-11(15(16)17)8-13(10)21(18,19)14(2)9-12-4-3-7-20-12/h3-8H,9H2,1-2H3. The Morgan fingerprint density at radius 2 is 2.05 bits per heavy atom. The zero-order chi connectivity index (χ0) is 15.6. The summed E-state index contributed by atoms with van der Waals surface area (Å²) in [5.74, 6) is 0. The molecular weight excluding hydrogens is 312 g/mol. The van der Waals surface area contributed by atoms with Crippen LogP contribution in [-0.4, -0.2) is 24.7 Å². The van der Waals surface area contributed by atoms with E-state index in [0.717, 1.165) is 10.9 Å². The van der Waals surface area contributed by atoms with Crippen molar-refractivity contribution in [3.05, 3.63) is 56.3 Å². The molecule has 2 rings (SSSR count). The zero-order valence-electron chi connectivity index (χ0n) is 11.5. The Kier molecular flexibility index (Phi) is 4.40. The van der Waals surface area contributed by atoms with Crippen molar-refractivity contribution in [3.8, 4) is 0 Å². The summed E-state index contributed by atoms with van der Waals surface area (Å²) in [5.41, 5.74) is 0.252. The number of aryl methyl sites for hydroxylation is 1. The Balaban J connectivity index is 2.38. The highest BCUT2D eigenvalue weighted by molar-refractivity contribution is 7.89. The summed E-state index contributed by atoms with van der Waals surface area (Å²) in [6.07, 6.45) is 0. The number of thiophene rings is 1. The van der Waals surface area contributed by atoms with Gasteiger partial charge >= 0.3 is 0 Å². The third-order valence-electron chi connectivity index (χ3n) is 3.03. The Hall–Kier alpha value is -1.77. The maximum absolute atomic E-state index is 12.6. The number of rotatable bonds is 5. The lowest BCUT2D eigenvalue weighted by atomic mass is 10.2. The van der Waals surface area contributed by atoms with Crippen molar-refractivity contribution in [2.75, 3.05) is 7.05 Å². The average Bonchev–Trinajstić information content (AvgIpc) is 2.91. The van der Waals surface area contributed by atoms with Gasteiger partial charge in [0, 0.05) is 30.6 Å². The van der Waals surface area contributed by atoms with Crippen molar-refractivity contribution in [1.29, 1.82) is 0 Å². The number of nitro groups is 1. The highest BCUT2D eigenvalue weighted by Gasteiger charge is 2.25. The van der Waals surface area contributed by atoms with Gasteiger partial charge in [0.25, 0.3) is 5.69 Å². The van der Waals surface area contributed by atoms with Crippen LogP contribution in [0.15, 0.2) is 40.6 Å². The van der Waals surface area contributed by atoms with Gasteiger partial charge in [0.15, 0.2) is 0 Å². The van der Waals surface area contributed by atoms with Crippen LogP contribution in [0, 0.1) is 17.0 Å². The van der Waals surface area contributed by atoms with Crippen molar-refractivity contribution in [2.24, 2.45) is 0 Å². The lowest BCUT2D eigenvalue weighted by Gasteiger charge is -2.17. The van der Waals surface area contributed by atoms with Crippen LogP contribution < -0.4 is 0 Å². The average molecular weight is 326 g/mol. The Morgan fingerprint density at radius 3 is 2.62 bits per heavy atom. The molecule has 0 aliphatic carbocycles. The summed E-state index contributed by atoms with van der Waals surface area (Å²) < 4.78 is 26.3. The summed E-state index contributed by atoms with van der Waals surface area (Å²) >= 11 is 1.46. The van der Waals surface area contributed by atoms with E-state index in [2.05, 4.69) is 0 Å². The van der Waals surface area contributed by atoms with Gasteiger partial charge in [-0.2, -0.15) is 4.31 Å². The predicted molar refractivity (Wildman–Crippen MR) is 80.8 cm³/mol. The number of nitro benzene ring substituents is 1. The van der Waals surface area contributed by atoms with Gasteiger partial charge in [-0.05, 0) is 23.9 Å².